The Balaban J connectivity index is 2.47. The summed E-state index contributed by atoms with van der Waals surface area (Å²) in [4.78, 5) is 24.0. The van der Waals surface area contributed by atoms with Crippen molar-refractivity contribution in [3.8, 4) is 11.8 Å². The van der Waals surface area contributed by atoms with Crippen molar-refractivity contribution < 1.29 is 24.3 Å². The van der Waals surface area contributed by atoms with Gasteiger partial charge in [-0.3, -0.25) is 14.9 Å². The Morgan fingerprint density at radius 1 is 1.33 bits per heavy atom. The van der Waals surface area contributed by atoms with Crippen LogP contribution in [0.2, 0.25) is 5.02 Å². The molecule has 0 unspecified atom stereocenters. The normalized spacial score (nSPS) is 11.4. The first-order valence-corrected chi connectivity index (χ1v) is 9.01. The molecule has 1 amide bonds. The number of nitro benzene ring substituents is 1. The number of hydrogen-bond donors (Lipinski definition) is 2. The van der Waals surface area contributed by atoms with Gasteiger partial charge in [0.05, 0.1) is 4.92 Å². The minimum atomic E-state index is -0.928. The molecule has 0 saturated heterocycles. The van der Waals surface area contributed by atoms with E-state index in [1.807, 2.05) is 0 Å². The molecule has 8 nitrogen and oxygen atoms in total. The van der Waals surface area contributed by atoms with E-state index in [9.17, 15) is 34.8 Å². The second-order valence-electron chi connectivity index (χ2n) is 6.35. The van der Waals surface area contributed by atoms with Crippen LogP contribution in [0.5, 0.6) is 5.75 Å². The number of aromatic hydroxyl groups is 1. The van der Waals surface area contributed by atoms with Gasteiger partial charge in [-0.15, -0.1) is 0 Å². The Morgan fingerprint density at radius 3 is 2.57 bits per heavy atom. The fraction of sp³-hybridized carbons (Fsp3) is 0.200. The number of halogens is 2. The first-order chi connectivity index (χ1) is 14.1. The van der Waals surface area contributed by atoms with Crippen LogP contribution in [-0.4, -0.2) is 33.0 Å². The average molecular weight is 434 g/mol. The third-order valence-electron chi connectivity index (χ3n) is 4.34. The SMILES string of the molecule is CCc1cc(/C(O)=C(\C#N)C(=O)N(C)Cc2cc(Cl)ccc2F)cc([N+](=O)[O-])c1O. The van der Waals surface area contributed by atoms with Crippen molar-refractivity contribution >= 4 is 29.0 Å². The number of phenolic OH excluding ortho intramolecular Hbond substituents is 1. The van der Waals surface area contributed by atoms with Crippen molar-refractivity contribution in [3.63, 3.8) is 0 Å². The van der Waals surface area contributed by atoms with Crippen LogP contribution in [0.15, 0.2) is 35.9 Å². The molecule has 0 bridgehead atoms. The Hall–Kier alpha value is -3.64. The Labute approximate surface area is 176 Å². The lowest BCUT2D eigenvalue weighted by molar-refractivity contribution is -0.386. The van der Waals surface area contributed by atoms with E-state index in [0.29, 0.717) is 0 Å². The van der Waals surface area contributed by atoms with E-state index >= 15 is 0 Å². The molecule has 2 rings (SSSR count). The summed E-state index contributed by atoms with van der Waals surface area (Å²) in [6.07, 6.45) is 0.206. The highest BCUT2D eigenvalue weighted by molar-refractivity contribution is 6.30. The zero-order valence-corrected chi connectivity index (χ0v) is 16.8. The lowest BCUT2D eigenvalue weighted by Crippen LogP contribution is -2.28. The Bertz CT molecular complexity index is 1090. The van der Waals surface area contributed by atoms with Crippen LogP contribution in [-0.2, 0) is 17.8 Å². The monoisotopic (exact) mass is 433 g/mol. The second kappa shape index (κ2) is 9.24. The number of aryl methyl sites for hydroxylation is 1. The molecule has 0 aliphatic heterocycles. The molecule has 2 aromatic rings. The van der Waals surface area contributed by atoms with Crippen molar-refractivity contribution in [2.75, 3.05) is 7.05 Å². The Kier molecular flexibility index (Phi) is 6.97. The molecule has 10 heteroatoms. The number of nitriles is 1. The number of nitro groups is 1. The van der Waals surface area contributed by atoms with Crippen LogP contribution in [0.25, 0.3) is 5.76 Å². The highest BCUT2D eigenvalue weighted by Crippen LogP contribution is 2.34. The molecule has 0 saturated carbocycles. The molecule has 0 fully saturated rings. The van der Waals surface area contributed by atoms with Gasteiger partial charge in [0.15, 0.2) is 11.3 Å². The fourth-order valence-electron chi connectivity index (χ4n) is 2.75. The summed E-state index contributed by atoms with van der Waals surface area (Å²) in [5.74, 6) is -2.88. The number of carbonyl (C=O) groups is 1. The van der Waals surface area contributed by atoms with E-state index in [0.717, 1.165) is 17.0 Å². The van der Waals surface area contributed by atoms with Gasteiger partial charge in [0.25, 0.3) is 5.91 Å². The van der Waals surface area contributed by atoms with Crippen molar-refractivity contribution in [2.24, 2.45) is 0 Å². The maximum absolute atomic E-state index is 13.9. The predicted octanol–water partition coefficient (Wildman–Crippen LogP) is 4.11. The molecule has 0 atom stereocenters. The highest BCUT2D eigenvalue weighted by Gasteiger charge is 2.25. The largest absolute Gasteiger partial charge is 0.506 e. The molecule has 0 aliphatic carbocycles. The van der Waals surface area contributed by atoms with Crippen LogP contribution >= 0.6 is 11.6 Å². The van der Waals surface area contributed by atoms with Crippen LogP contribution < -0.4 is 0 Å². The number of amides is 1. The van der Waals surface area contributed by atoms with Crippen molar-refractivity contribution in [1.82, 2.24) is 4.90 Å². The molecule has 0 aromatic heterocycles. The predicted molar refractivity (Wildman–Crippen MR) is 107 cm³/mol. The first kappa shape index (κ1) is 22.6. The summed E-state index contributed by atoms with van der Waals surface area (Å²) < 4.78 is 13.9. The lowest BCUT2D eigenvalue weighted by atomic mass is 10.0. The summed E-state index contributed by atoms with van der Waals surface area (Å²) in [6, 6.07) is 7.50. The number of nitrogens with zero attached hydrogens (tertiary/aromatic N) is 3. The van der Waals surface area contributed by atoms with Crippen LogP contribution in [0.4, 0.5) is 10.1 Å². The second-order valence-corrected chi connectivity index (χ2v) is 6.78. The van der Waals surface area contributed by atoms with Gasteiger partial charge in [-0.05, 0) is 30.7 Å². The van der Waals surface area contributed by atoms with E-state index in [1.165, 1.54) is 25.2 Å². The van der Waals surface area contributed by atoms with E-state index in [2.05, 4.69) is 0 Å². The van der Waals surface area contributed by atoms with Crippen LogP contribution in [0.1, 0.15) is 23.6 Å². The molecule has 156 valence electrons. The minimum Gasteiger partial charge on any atom is -0.506 e. The van der Waals surface area contributed by atoms with Gasteiger partial charge in [-0.2, -0.15) is 5.26 Å². The molecular formula is C20H17ClFN3O5. The number of hydrogen-bond acceptors (Lipinski definition) is 6. The summed E-state index contributed by atoms with van der Waals surface area (Å²) in [5.41, 5.74) is -1.28. The third-order valence-corrected chi connectivity index (χ3v) is 4.58. The van der Waals surface area contributed by atoms with E-state index in [1.54, 1.807) is 13.0 Å². The molecule has 30 heavy (non-hydrogen) atoms. The zero-order valence-electron chi connectivity index (χ0n) is 16.0. The summed E-state index contributed by atoms with van der Waals surface area (Å²) in [7, 11) is 1.30. The number of aliphatic hydroxyl groups is 1. The minimum absolute atomic E-state index is 0.101. The summed E-state index contributed by atoms with van der Waals surface area (Å²) in [5, 5.41) is 41.3. The van der Waals surface area contributed by atoms with E-state index < -0.39 is 39.4 Å². The number of phenols is 1. The average Bonchev–Trinajstić information content (AvgIpc) is 2.70. The maximum atomic E-state index is 13.9. The van der Waals surface area contributed by atoms with Gasteiger partial charge in [-0.1, -0.05) is 18.5 Å². The van der Waals surface area contributed by atoms with Gasteiger partial charge in [0.1, 0.15) is 17.6 Å². The van der Waals surface area contributed by atoms with Gasteiger partial charge in [0, 0.05) is 41.4 Å². The number of aliphatic hydroxyl groups excluding tert-OH is 1. The first-order valence-electron chi connectivity index (χ1n) is 8.64. The molecule has 0 heterocycles. The van der Waals surface area contributed by atoms with Crippen molar-refractivity contribution in [1.29, 1.82) is 5.26 Å². The number of rotatable bonds is 6. The quantitative estimate of drug-likeness (QED) is 0.232. The molecule has 0 spiro atoms. The van der Waals surface area contributed by atoms with E-state index in [-0.39, 0.29) is 34.7 Å². The Morgan fingerprint density at radius 2 is 2.00 bits per heavy atom. The van der Waals surface area contributed by atoms with Crippen LogP contribution in [0, 0.1) is 27.3 Å². The summed E-state index contributed by atoms with van der Waals surface area (Å²) in [6.45, 7) is 1.40. The third kappa shape index (κ3) is 4.67. The number of benzene rings is 2. The molecule has 0 aliphatic rings. The van der Waals surface area contributed by atoms with E-state index in [4.69, 9.17) is 11.6 Å². The lowest BCUT2D eigenvalue weighted by Gasteiger charge is -2.18. The standard InChI is InChI=1S/C20H17ClFN3O5/c1-3-11-6-12(8-17(19(11)27)25(29)30)18(26)15(9-23)20(28)24(2)10-13-7-14(21)4-5-16(13)22/h4-8,26-27H,3,10H2,1-2H3/b18-15-. The van der Waals surface area contributed by atoms with Gasteiger partial charge in [0.2, 0.25) is 0 Å². The van der Waals surface area contributed by atoms with Crippen molar-refractivity contribution in [2.45, 2.75) is 19.9 Å². The van der Waals surface area contributed by atoms with Gasteiger partial charge < -0.3 is 15.1 Å². The molecule has 2 N–H and O–H groups in total. The number of carbonyl (C=O) groups excluding carboxylic acids is 1. The van der Waals surface area contributed by atoms with Gasteiger partial charge >= 0.3 is 5.69 Å². The highest BCUT2D eigenvalue weighted by atomic mass is 35.5. The molecule has 2 aromatic carbocycles. The smallest absolute Gasteiger partial charge is 0.311 e. The molecule has 0 radical (unpaired) electrons. The summed E-state index contributed by atoms with van der Waals surface area (Å²) >= 11 is 5.83. The fourth-order valence-corrected chi connectivity index (χ4v) is 2.95. The van der Waals surface area contributed by atoms with Crippen molar-refractivity contribution in [3.05, 3.63) is 73.5 Å². The maximum Gasteiger partial charge on any atom is 0.311 e. The van der Waals surface area contributed by atoms with Gasteiger partial charge in [-0.25, -0.2) is 4.39 Å². The molecular weight excluding hydrogens is 417 g/mol. The number of likely N-dealkylation sites (N-methyl/N-ethyl adjacent to an activating group) is 1. The zero-order chi connectivity index (χ0) is 22.6. The topological polar surface area (TPSA) is 128 Å². The van der Waals surface area contributed by atoms with Crippen LogP contribution in [0.3, 0.4) is 0 Å².